The van der Waals surface area contributed by atoms with Gasteiger partial charge < -0.3 is 16.0 Å². The summed E-state index contributed by atoms with van der Waals surface area (Å²) in [4.78, 5) is 25.4. The Kier molecular flexibility index (Phi) is 5.59. The predicted octanol–water partition coefficient (Wildman–Crippen LogP) is 5.76. The van der Waals surface area contributed by atoms with Gasteiger partial charge in [0, 0.05) is 29.2 Å². The number of carbonyl (C=O) groups is 1. The van der Waals surface area contributed by atoms with E-state index in [-0.39, 0.29) is 5.91 Å². The van der Waals surface area contributed by atoms with Crippen molar-refractivity contribution in [3.8, 4) is 0 Å². The molecule has 5 rings (SSSR count). The van der Waals surface area contributed by atoms with Crippen molar-refractivity contribution in [2.75, 3.05) is 16.0 Å². The monoisotopic (exact) mass is 432 g/mol. The highest BCUT2D eigenvalue weighted by Gasteiger charge is 2.07. The Bertz CT molecular complexity index is 1400. The lowest BCUT2D eigenvalue weighted by atomic mass is 10.1. The lowest BCUT2D eigenvalue weighted by molar-refractivity contribution is 0.102. The Labute approximate surface area is 190 Å². The van der Waals surface area contributed by atoms with Gasteiger partial charge in [0.15, 0.2) is 0 Å². The minimum absolute atomic E-state index is 0.150. The molecule has 3 aromatic carbocycles. The molecule has 0 fully saturated rings. The van der Waals surface area contributed by atoms with Crippen LogP contribution in [0, 0.1) is 0 Å². The number of benzene rings is 3. The second-order valence-electron chi connectivity index (χ2n) is 7.35. The van der Waals surface area contributed by atoms with Crippen LogP contribution in [0.3, 0.4) is 0 Å². The van der Waals surface area contributed by atoms with Gasteiger partial charge in [0.1, 0.15) is 23.8 Å². The Morgan fingerprint density at radius 1 is 0.606 bits per heavy atom. The van der Waals surface area contributed by atoms with Gasteiger partial charge in [-0.05, 0) is 59.3 Å². The van der Waals surface area contributed by atoms with E-state index in [0.717, 1.165) is 16.5 Å². The molecule has 0 aliphatic carbocycles. The van der Waals surface area contributed by atoms with Crippen LogP contribution in [0.5, 0.6) is 0 Å². The molecule has 0 radical (unpaired) electrons. The van der Waals surface area contributed by atoms with Crippen molar-refractivity contribution in [2.24, 2.45) is 0 Å². The molecule has 0 aliphatic rings. The van der Waals surface area contributed by atoms with Crippen LogP contribution < -0.4 is 16.0 Å². The Morgan fingerprint density at radius 3 is 2.12 bits per heavy atom. The highest BCUT2D eigenvalue weighted by molar-refractivity contribution is 6.06. The highest BCUT2D eigenvalue weighted by atomic mass is 16.1. The van der Waals surface area contributed by atoms with Gasteiger partial charge >= 0.3 is 0 Å². The minimum atomic E-state index is -0.150. The number of nitrogens with one attached hydrogen (secondary N) is 3. The first-order chi connectivity index (χ1) is 16.2. The quantitative estimate of drug-likeness (QED) is 0.316. The van der Waals surface area contributed by atoms with Crippen LogP contribution in [-0.4, -0.2) is 20.9 Å². The predicted molar refractivity (Wildman–Crippen MR) is 131 cm³/mol. The van der Waals surface area contributed by atoms with Gasteiger partial charge in [-0.15, -0.1) is 0 Å². The van der Waals surface area contributed by atoms with Gasteiger partial charge in [-0.25, -0.2) is 15.0 Å². The Morgan fingerprint density at radius 2 is 1.33 bits per heavy atom. The number of carbonyl (C=O) groups excluding carboxylic acids is 1. The van der Waals surface area contributed by atoms with Crippen LogP contribution in [0.15, 0.2) is 104 Å². The summed E-state index contributed by atoms with van der Waals surface area (Å²) in [6, 6.07) is 28.5. The zero-order valence-corrected chi connectivity index (χ0v) is 17.6. The second-order valence-corrected chi connectivity index (χ2v) is 7.35. The average Bonchev–Trinajstić information content (AvgIpc) is 2.86. The molecule has 0 bridgehead atoms. The van der Waals surface area contributed by atoms with E-state index in [1.165, 1.54) is 6.33 Å². The third-order valence-electron chi connectivity index (χ3n) is 5.01. The lowest BCUT2D eigenvalue weighted by Crippen LogP contribution is -2.11. The van der Waals surface area contributed by atoms with E-state index < -0.39 is 0 Å². The number of fused-ring (bicyclic) bond motifs is 1. The molecule has 0 saturated carbocycles. The highest BCUT2D eigenvalue weighted by Crippen LogP contribution is 2.21. The SMILES string of the molecule is O=C(Nc1ccc(Nc2cc(Nc3ccccn3)ncn2)cc1)c1ccc2ccccc2c1. The largest absolute Gasteiger partial charge is 0.340 e. The minimum Gasteiger partial charge on any atom is -0.340 e. The summed E-state index contributed by atoms with van der Waals surface area (Å²) < 4.78 is 0. The van der Waals surface area contributed by atoms with Gasteiger partial charge in [0.05, 0.1) is 0 Å². The molecule has 3 N–H and O–H groups in total. The topological polar surface area (TPSA) is 91.8 Å². The number of rotatable bonds is 6. The Hall–Kier alpha value is -4.78. The molecule has 7 heteroatoms. The molecular formula is C26H20N6O. The number of aromatic nitrogens is 3. The first kappa shape index (κ1) is 20.1. The molecule has 0 atom stereocenters. The van der Waals surface area contributed by atoms with E-state index in [9.17, 15) is 4.79 Å². The van der Waals surface area contributed by atoms with Crippen molar-refractivity contribution < 1.29 is 4.79 Å². The molecule has 0 saturated heterocycles. The molecule has 1 amide bonds. The van der Waals surface area contributed by atoms with E-state index in [4.69, 9.17) is 0 Å². The fourth-order valence-electron chi connectivity index (χ4n) is 3.38. The zero-order valence-electron chi connectivity index (χ0n) is 17.6. The molecule has 0 aliphatic heterocycles. The number of nitrogens with zero attached hydrogens (tertiary/aromatic N) is 3. The van der Waals surface area contributed by atoms with Crippen LogP contribution in [0.1, 0.15) is 10.4 Å². The first-order valence-corrected chi connectivity index (χ1v) is 10.4. The summed E-state index contributed by atoms with van der Waals surface area (Å²) in [5.74, 6) is 1.82. The normalized spacial score (nSPS) is 10.5. The van der Waals surface area contributed by atoms with E-state index in [1.807, 2.05) is 84.9 Å². The summed E-state index contributed by atoms with van der Waals surface area (Å²) in [5.41, 5.74) is 2.16. The molecule has 2 heterocycles. The van der Waals surface area contributed by atoms with Crippen molar-refractivity contribution in [2.45, 2.75) is 0 Å². The van der Waals surface area contributed by atoms with Crippen molar-refractivity contribution in [1.29, 1.82) is 0 Å². The third-order valence-corrected chi connectivity index (χ3v) is 5.01. The van der Waals surface area contributed by atoms with Crippen molar-refractivity contribution in [1.82, 2.24) is 15.0 Å². The number of hydrogen-bond acceptors (Lipinski definition) is 6. The number of anilines is 5. The molecule has 5 aromatic rings. The summed E-state index contributed by atoms with van der Waals surface area (Å²) in [6.07, 6.45) is 3.19. The fraction of sp³-hybridized carbons (Fsp3) is 0. The van der Waals surface area contributed by atoms with Crippen LogP contribution >= 0.6 is 0 Å². The molecule has 2 aromatic heterocycles. The van der Waals surface area contributed by atoms with Crippen LogP contribution in [0.4, 0.5) is 28.8 Å². The fourth-order valence-corrected chi connectivity index (χ4v) is 3.38. The van der Waals surface area contributed by atoms with Crippen LogP contribution in [0.25, 0.3) is 10.8 Å². The van der Waals surface area contributed by atoms with E-state index >= 15 is 0 Å². The van der Waals surface area contributed by atoms with Crippen molar-refractivity contribution in [3.05, 3.63) is 109 Å². The second kappa shape index (κ2) is 9.15. The molecule has 0 spiro atoms. The first-order valence-electron chi connectivity index (χ1n) is 10.4. The molecule has 7 nitrogen and oxygen atoms in total. The third kappa shape index (κ3) is 4.94. The van der Waals surface area contributed by atoms with Crippen molar-refractivity contribution >= 4 is 45.5 Å². The van der Waals surface area contributed by atoms with Gasteiger partial charge in [-0.2, -0.15) is 0 Å². The molecule has 33 heavy (non-hydrogen) atoms. The van der Waals surface area contributed by atoms with E-state index in [0.29, 0.717) is 28.7 Å². The molecule has 0 unspecified atom stereocenters. The van der Waals surface area contributed by atoms with Gasteiger partial charge in [-0.1, -0.05) is 36.4 Å². The van der Waals surface area contributed by atoms with E-state index in [1.54, 1.807) is 12.3 Å². The Balaban J connectivity index is 1.24. The summed E-state index contributed by atoms with van der Waals surface area (Å²) >= 11 is 0. The zero-order chi connectivity index (χ0) is 22.5. The standard InChI is InChI=1S/C26H20N6O/c33-26(20-9-8-18-5-1-2-6-19(18)15-20)31-22-12-10-21(11-13-22)30-24-16-25(29-17-28-24)32-23-7-3-4-14-27-23/h1-17H,(H,31,33)(H2,27,28,29,30,32). The van der Waals surface area contributed by atoms with Crippen LogP contribution in [-0.2, 0) is 0 Å². The summed E-state index contributed by atoms with van der Waals surface area (Å²) in [5, 5.41) is 11.5. The van der Waals surface area contributed by atoms with Crippen LogP contribution in [0.2, 0.25) is 0 Å². The summed E-state index contributed by atoms with van der Waals surface area (Å²) in [6.45, 7) is 0. The maximum Gasteiger partial charge on any atom is 0.255 e. The molecule has 160 valence electrons. The lowest BCUT2D eigenvalue weighted by Gasteiger charge is -2.10. The number of hydrogen-bond donors (Lipinski definition) is 3. The maximum absolute atomic E-state index is 12.7. The van der Waals surface area contributed by atoms with Gasteiger partial charge in [0.25, 0.3) is 5.91 Å². The van der Waals surface area contributed by atoms with Crippen molar-refractivity contribution in [3.63, 3.8) is 0 Å². The smallest absolute Gasteiger partial charge is 0.255 e. The molecular weight excluding hydrogens is 412 g/mol. The maximum atomic E-state index is 12.7. The average molecular weight is 432 g/mol. The van der Waals surface area contributed by atoms with Gasteiger partial charge in [0.2, 0.25) is 0 Å². The summed E-state index contributed by atoms with van der Waals surface area (Å²) in [7, 11) is 0. The van der Waals surface area contributed by atoms with Gasteiger partial charge in [-0.3, -0.25) is 4.79 Å². The van der Waals surface area contributed by atoms with E-state index in [2.05, 4.69) is 30.9 Å². The number of pyridine rings is 1. The number of amides is 1.